The third-order valence-electron chi connectivity index (χ3n) is 3.14. The molecule has 1 aromatic rings. The fourth-order valence-electron chi connectivity index (χ4n) is 2.10. The van der Waals surface area contributed by atoms with Gasteiger partial charge in [-0.1, -0.05) is 29.8 Å². The van der Waals surface area contributed by atoms with E-state index in [9.17, 15) is 14.4 Å². The monoisotopic (exact) mass is 442 g/mol. The zero-order chi connectivity index (χ0) is 20.6. The van der Waals surface area contributed by atoms with Crippen LogP contribution in [-0.4, -0.2) is 36.2 Å². The molecule has 8 heteroatoms. The van der Waals surface area contributed by atoms with E-state index >= 15 is 0 Å². The number of rotatable bonds is 7. The molecule has 0 aromatic heterocycles. The Kier molecular flexibility index (Phi) is 8.75. The summed E-state index contributed by atoms with van der Waals surface area (Å²) in [6.07, 6.45) is -1.42. The first-order valence-corrected chi connectivity index (χ1v) is 9.48. The van der Waals surface area contributed by atoms with Gasteiger partial charge in [0.25, 0.3) is 5.91 Å². The first-order valence-electron chi connectivity index (χ1n) is 8.69. The standard InChI is InChI=1S/C19H27BrN2O5/c1-12(2)10-15(17(24)21-11-16(23)27-19(3,4)5)26-18(25)22-14-8-6-13(20)7-9-14/h6-9,12,15H,10-11H2,1-5H3,(H,21,24)(H,22,25)/t15-/m0/s1. The highest BCUT2D eigenvalue weighted by Gasteiger charge is 2.25. The zero-order valence-electron chi connectivity index (χ0n) is 16.3. The molecule has 0 saturated carbocycles. The van der Waals surface area contributed by atoms with Crippen LogP contribution >= 0.6 is 15.9 Å². The Labute approximate surface area is 168 Å². The van der Waals surface area contributed by atoms with Crippen molar-refractivity contribution < 1.29 is 23.9 Å². The van der Waals surface area contributed by atoms with Gasteiger partial charge in [0.15, 0.2) is 6.10 Å². The summed E-state index contributed by atoms with van der Waals surface area (Å²) in [6.45, 7) is 8.74. The van der Waals surface area contributed by atoms with E-state index in [2.05, 4.69) is 26.6 Å². The van der Waals surface area contributed by atoms with Gasteiger partial charge in [-0.15, -0.1) is 0 Å². The van der Waals surface area contributed by atoms with Crippen molar-refractivity contribution in [1.82, 2.24) is 5.32 Å². The molecule has 0 saturated heterocycles. The lowest BCUT2D eigenvalue weighted by Gasteiger charge is -2.21. The second-order valence-electron chi connectivity index (χ2n) is 7.46. The molecule has 2 amide bonds. The molecule has 0 spiro atoms. The third kappa shape index (κ3) is 9.98. The molecule has 0 aliphatic heterocycles. The van der Waals surface area contributed by atoms with Crippen LogP contribution in [0.2, 0.25) is 0 Å². The van der Waals surface area contributed by atoms with Crippen molar-refractivity contribution in [3.63, 3.8) is 0 Å². The van der Waals surface area contributed by atoms with E-state index in [0.29, 0.717) is 12.1 Å². The number of esters is 1. The highest BCUT2D eigenvalue weighted by atomic mass is 79.9. The summed E-state index contributed by atoms with van der Waals surface area (Å²) in [5.74, 6) is -0.985. The molecule has 27 heavy (non-hydrogen) atoms. The van der Waals surface area contributed by atoms with Gasteiger partial charge < -0.3 is 14.8 Å². The van der Waals surface area contributed by atoms with Crippen molar-refractivity contribution >= 4 is 39.6 Å². The van der Waals surface area contributed by atoms with E-state index in [4.69, 9.17) is 9.47 Å². The fraction of sp³-hybridized carbons (Fsp3) is 0.526. The lowest BCUT2D eigenvalue weighted by atomic mass is 10.1. The summed E-state index contributed by atoms with van der Waals surface area (Å²) in [5, 5.41) is 5.03. The molecule has 1 aromatic carbocycles. The predicted molar refractivity (Wildman–Crippen MR) is 106 cm³/mol. The summed E-state index contributed by atoms with van der Waals surface area (Å²) in [5.41, 5.74) is -0.0964. The third-order valence-corrected chi connectivity index (χ3v) is 3.67. The molecular formula is C19H27BrN2O5. The number of ether oxygens (including phenoxy) is 2. The molecule has 0 heterocycles. The molecule has 7 nitrogen and oxygen atoms in total. The number of anilines is 1. The highest BCUT2D eigenvalue weighted by molar-refractivity contribution is 9.10. The molecule has 0 fully saturated rings. The Morgan fingerprint density at radius 2 is 1.70 bits per heavy atom. The van der Waals surface area contributed by atoms with Gasteiger partial charge in [-0.05, 0) is 57.4 Å². The van der Waals surface area contributed by atoms with Crippen LogP contribution in [0.25, 0.3) is 0 Å². The van der Waals surface area contributed by atoms with E-state index in [1.165, 1.54) is 0 Å². The van der Waals surface area contributed by atoms with E-state index < -0.39 is 29.7 Å². The van der Waals surface area contributed by atoms with Crippen molar-refractivity contribution in [2.45, 2.75) is 52.7 Å². The fourth-order valence-corrected chi connectivity index (χ4v) is 2.36. The van der Waals surface area contributed by atoms with Crippen LogP contribution in [0.15, 0.2) is 28.7 Å². The first-order chi connectivity index (χ1) is 12.5. The molecule has 0 radical (unpaired) electrons. The lowest BCUT2D eigenvalue weighted by Crippen LogP contribution is -2.42. The van der Waals surface area contributed by atoms with E-state index in [0.717, 1.165) is 4.47 Å². The highest BCUT2D eigenvalue weighted by Crippen LogP contribution is 2.15. The van der Waals surface area contributed by atoms with Crippen molar-refractivity contribution in [3.8, 4) is 0 Å². The van der Waals surface area contributed by atoms with Crippen LogP contribution in [0, 0.1) is 5.92 Å². The second-order valence-corrected chi connectivity index (χ2v) is 8.38. The van der Waals surface area contributed by atoms with Gasteiger partial charge in [0, 0.05) is 10.2 Å². The Morgan fingerprint density at radius 3 is 2.22 bits per heavy atom. The first kappa shape index (κ1) is 23.0. The van der Waals surface area contributed by atoms with Gasteiger partial charge >= 0.3 is 12.1 Å². The Morgan fingerprint density at radius 1 is 1.11 bits per heavy atom. The van der Waals surface area contributed by atoms with Crippen LogP contribution in [0.3, 0.4) is 0 Å². The van der Waals surface area contributed by atoms with Crippen molar-refractivity contribution in [1.29, 1.82) is 0 Å². The van der Waals surface area contributed by atoms with Gasteiger partial charge in [-0.25, -0.2) is 4.79 Å². The topological polar surface area (TPSA) is 93.7 Å². The second kappa shape index (κ2) is 10.3. The number of amides is 2. The molecule has 0 bridgehead atoms. The van der Waals surface area contributed by atoms with Gasteiger partial charge in [0.2, 0.25) is 0 Å². The van der Waals surface area contributed by atoms with Crippen molar-refractivity contribution in [2.75, 3.05) is 11.9 Å². The van der Waals surface area contributed by atoms with Gasteiger partial charge in [0.1, 0.15) is 12.1 Å². The smallest absolute Gasteiger partial charge is 0.412 e. The predicted octanol–water partition coefficient (Wildman–Crippen LogP) is 3.87. The number of hydrogen-bond acceptors (Lipinski definition) is 5. The van der Waals surface area contributed by atoms with E-state index in [1.807, 2.05) is 13.8 Å². The van der Waals surface area contributed by atoms with Gasteiger partial charge in [-0.3, -0.25) is 14.9 Å². The average molecular weight is 443 g/mol. The van der Waals surface area contributed by atoms with Gasteiger partial charge in [0.05, 0.1) is 0 Å². The molecule has 0 aliphatic carbocycles. The van der Waals surface area contributed by atoms with E-state index in [1.54, 1.807) is 45.0 Å². The number of halogens is 1. The summed E-state index contributed by atoms with van der Waals surface area (Å²) in [4.78, 5) is 36.2. The summed E-state index contributed by atoms with van der Waals surface area (Å²) in [7, 11) is 0. The van der Waals surface area contributed by atoms with Gasteiger partial charge in [-0.2, -0.15) is 0 Å². The summed E-state index contributed by atoms with van der Waals surface area (Å²) >= 11 is 3.31. The molecule has 150 valence electrons. The summed E-state index contributed by atoms with van der Waals surface area (Å²) < 4.78 is 11.3. The molecule has 0 unspecified atom stereocenters. The largest absolute Gasteiger partial charge is 0.459 e. The molecular weight excluding hydrogens is 416 g/mol. The zero-order valence-corrected chi connectivity index (χ0v) is 17.9. The summed E-state index contributed by atoms with van der Waals surface area (Å²) in [6, 6.07) is 6.94. The maximum absolute atomic E-state index is 12.4. The lowest BCUT2D eigenvalue weighted by molar-refractivity contribution is -0.155. The van der Waals surface area contributed by atoms with Crippen molar-refractivity contribution in [3.05, 3.63) is 28.7 Å². The minimum atomic E-state index is -1.01. The molecule has 2 N–H and O–H groups in total. The Bertz CT molecular complexity index is 653. The normalized spacial score (nSPS) is 12.3. The quantitative estimate of drug-likeness (QED) is 0.624. The van der Waals surface area contributed by atoms with Crippen LogP contribution < -0.4 is 10.6 Å². The molecule has 0 aliphatic rings. The Balaban J connectivity index is 2.62. The maximum Gasteiger partial charge on any atom is 0.412 e. The SMILES string of the molecule is CC(C)C[C@H](OC(=O)Nc1ccc(Br)cc1)C(=O)NCC(=O)OC(C)(C)C. The number of nitrogens with one attached hydrogen (secondary N) is 2. The average Bonchev–Trinajstić information content (AvgIpc) is 2.52. The number of carbonyl (C=O) groups is 3. The molecule has 1 atom stereocenters. The maximum atomic E-state index is 12.4. The number of carbonyl (C=O) groups excluding carboxylic acids is 3. The van der Waals surface area contributed by atoms with Crippen LogP contribution in [-0.2, 0) is 19.1 Å². The van der Waals surface area contributed by atoms with E-state index in [-0.39, 0.29) is 12.5 Å². The van der Waals surface area contributed by atoms with Crippen LogP contribution in [0.1, 0.15) is 41.0 Å². The number of benzene rings is 1. The van der Waals surface area contributed by atoms with Crippen LogP contribution in [0.4, 0.5) is 10.5 Å². The minimum Gasteiger partial charge on any atom is -0.459 e. The van der Waals surface area contributed by atoms with Crippen molar-refractivity contribution in [2.24, 2.45) is 5.92 Å². The minimum absolute atomic E-state index is 0.114. The number of hydrogen-bond donors (Lipinski definition) is 2. The molecule has 1 rings (SSSR count). The Hall–Kier alpha value is -2.09. The van der Waals surface area contributed by atoms with Crippen LogP contribution in [0.5, 0.6) is 0 Å².